The Bertz CT molecular complexity index is 668. The Morgan fingerprint density at radius 3 is 2.37 bits per heavy atom. The van der Waals surface area contributed by atoms with Gasteiger partial charge in [-0.05, 0) is 24.3 Å². The fourth-order valence-electron chi connectivity index (χ4n) is 3.09. The van der Waals surface area contributed by atoms with Gasteiger partial charge in [0.2, 0.25) is 0 Å². The first-order valence-electron chi connectivity index (χ1n) is 8.53. The third-order valence-corrected chi connectivity index (χ3v) is 6.00. The van der Waals surface area contributed by atoms with E-state index in [0.717, 1.165) is 0 Å². The first kappa shape index (κ1) is 21.8. The van der Waals surface area contributed by atoms with Gasteiger partial charge in [-0.2, -0.15) is 13.2 Å². The highest BCUT2D eigenvalue weighted by molar-refractivity contribution is 7.99. The molecule has 1 aromatic carbocycles. The monoisotopic (exact) mass is 403 g/mol. The van der Waals surface area contributed by atoms with Gasteiger partial charge in [0, 0.05) is 11.5 Å². The van der Waals surface area contributed by atoms with Gasteiger partial charge in [-0.3, -0.25) is 0 Å². The Balaban J connectivity index is 2.30. The number of carbonyl (C=O) groups excluding carboxylic acids is 1. The maximum absolute atomic E-state index is 13.1. The molecule has 1 aliphatic heterocycles. The molecule has 4 nitrogen and oxygen atoms in total. The molecule has 6 atom stereocenters. The number of hydrogen-bond acceptors (Lipinski definition) is 5. The molecule has 0 radical (unpaired) electrons. The van der Waals surface area contributed by atoms with Crippen LogP contribution >= 0.6 is 11.8 Å². The van der Waals surface area contributed by atoms with Crippen LogP contribution in [0, 0.1) is 11.8 Å². The average Bonchev–Trinajstić information content (AvgIpc) is 2.64. The van der Waals surface area contributed by atoms with Crippen LogP contribution in [0.3, 0.4) is 0 Å². The van der Waals surface area contributed by atoms with Gasteiger partial charge in [-0.25, -0.2) is 4.79 Å². The summed E-state index contributed by atoms with van der Waals surface area (Å²) in [6.45, 7) is 6.83. The van der Waals surface area contributed by atoms with Gasteiger partial charge in [0.05, 0.1) is 11.6 Å². The van der Waals surface area contributed by atoms with E-state index in [9.17, 15) is 18.0 Å². The van der Waals surface area contributed by atoms with Gasteiger partial charge in [0.25, 0.3) is 0 Å². The molecule has 0 amide bonds. The van der Waals surface area contributed by atoms with Crippen molar-refractivity contribution in [3.63, 3.8) is 0 Å². The maximum Gasteiger partial charge on any atom is 0.413 e. The zero-order chi connectivity index (χ0) is 20.4. The van der Waals surface area contributed by atoms with Gasteiger partial charge in [-0.1, -0.05) is 38.6 Å². The van der Waals surface area contributed by atoms with E-state index in [1.807, 2.05) is 20.1 Å². The summed E-state index contributed by atoms with van der Waals surface area (Å²) in [4.78, 5) is 12.5. The number of alkyl halides is 3. The lowest BCUT2D eigenvalue weighted by molar-refractivity contribution is -0.156. The molecule has 2 N–H and O–H groups in total. The van der Waals surface area contributed by atoms with Crippen molar-refractivity contribution in [3.05, 3.63) is 48.0 Å². The third kappa shape index (κ3) is 4.86. The van der Waals surface area contributed by atoms with Crippen molar-refractivity contribution in [3.8, 4) is 0 Å². The summed E-state index contributed by atoms with van der Waals surface area (Å²) < 4.78 is 50.8. The summed E-state index contributed by atoms with van der Waals surface area (Å²) in [6, 6.07) is 6.73. The molecule has 8 heteroatoms. The van der Waals surface area contributed by atoms with Crippen molar-refractivity contribution in [2.24, 2.45) is 17.6 Å². The molecule has 2 rings (SSSR count). The van der Waals surface area contributed by atoms with Crippen LogP contribution in [0.4, 0.5) is 13.2 Å². The Morgan fingerprint density at radius 1 is 1.26 bits per heavy atom. The van der Waals surface area contributed by atoms with Crippen molar-refractivity contribution >= 4 is 17.7 Å². The van der Waals surface area contributed by atoms with Crippen LogP contribution in [0.15, 0.2) is 42.5 Å². The minimum atomic E-state index is -4.65. The highest BCUT2D eigenvalue weighted by Crippen LogP contribution is 2.40. The van der Waals surface area contributed by atoms with E-state index in [1.54, 1.807) is 30.3 Å². The van der Waals surface area contributed by atoms with Gasteiger partial charge in [-0.15, -0.1) is 11.8 Å². The van der Waals surface area contributed by atoms with Crippen molar-refractivity contribution in [2.45, 2.75) is 43.7 Å². The van der Waals surface area contributed by atoms with Crippen LogP contribution in [-0.4, -0.2) is 42.1 Å². The van der Waals surface area contributed by atoms with E-state index in [4.69, 9.17) is 15.2 Å². The molecular formula is C19H24F3NO3S. The Labute approximate surface area is 161 Å². The molecule has 27 heavy (non-hydrogen) atoms. The summed E-state index contributed by atoms with van der Waals surface area (Å²) in [5.74, 6) is -0.919. The van der Waals surface area contributed by atoms with Crippen LogP contribution in [0.1, 0.15) is 24.2 Å². The molecule has 1 aliphatic rings. The van der Waals surface area contributed by atoms with Gasteiger partial charge in [0.15, 0.2) is 0 Å². The van der Waals surface area contributed by atoms with E-state index in [1.165, 1.54) is 11.8 Å². The molecule has 150 valence electrons. The topological polar surface area (TPSA) is 61.6 Å². The van der Waals surface area contributed by atoms with Crippen LogP contribution < -0.4 is 5.73 Å². The average molecular weight is 403 g/mol. The highest BCUT2D eigenvalue weighted by atomic mass is 32.2. The quantitative estimate of drug-likeness (QED) is 0.594. The molecule has 0 spiro atoms. The van der Waals surface area contributed by atoms with Crippen LogP contribution in [0.2, 0.25) is 0 Å². The Morgan fingerprint density at radius 2 is 1.85 bits per heavy atom. The van der Waals surface area contributed by atoms with Gasteiger partial charge >= 0.3 is 12.1 Å². The fraction of sp³-hybridized carbons (Fsp3) is 0.526. The lowest BCUT2D eigenvalue weighted by atomic mass is 9.82. The molecule has 0 aliphatic carbocycles. The summed E-state index contributed by atoms with van der Waals surface area (Å²) in [6.07, 6.45) is -4.91. The SMILES string of the molecule is C=C([C@@H](N)[C@H]1OC(SC)[C@H](C)[C@H](C)C1OC(=O)c1ccccc1)C(F)(F)F. The van der Waals surface area contributed by atoms with Gasteiger partial charge in [0.1, 0.15) is 17.6 Å². The normalized spacial score (nSPS) is 29.8. The Kier molecular flexibility index (Phi) is 6.99. The van der Waals surface area contributed by atoms with Crippen molar-refractivity contribution < 1.29 is 27.4 Å². The minimum Gasteiger partial charge on any atom is -0.456 e. The second kappa shape index (κ2) is 8.67. The van der Waals surface area contributed by atoms with Crippen LogP contribution in [0.25, 0.3) is 0 Å². The molecule has 1 fully saturated rings. The first-order valence-corrected chi connectivity index (χ1v) is 9.82. The van der Waals surface area contributed by atoms with E-state index in [0.29, 0.717) is 5.56 Å². The number of ether oxygens (including phenoxy) is 2. The smallest absolute Gasteiger partial charge is 0.413 e. The summed E-state index contributed by atoms with van der Waals surface area (Å²) in [5.41, 5.74) is 4.71. The second-order valence-corrected chi connectivity index (χ2v) is 7.64. The van der Waals surface area contributed by atoms with E-state index in [2.05, 4.69) is 6.58 Å². The number of halogens is 3. The largest absolute Gasteiger partial charge is 0.456 e. The zero-order valence-corrected chi connectivity index (χ0v) is 16.2. The fourth-order valence-corrected chi connectivity index (χ4v) is 4.01. The molecule has 2 unspecified atom stereocenters. The Hall–Kier alpha value is -1.51. The number of benzene rings is 1. The number of carbonyl (C=O) groups is 1. The lowest BCUT2D eigenvalue weighted by Gasteiger charge is -2.46. The zero-order valence-electron chi connectivity index (χ0n) is 15.4. The number of hydrogen-bond donors (Lipinski definition) is 1. The first-order chi connectivity index (χ1) is 12.6. The number of rotatable bonds is 5. The van der Waals surface area contributed by atoms with E-state index < -0.39 is 36.0 Å². The van der Waals surface area contributed by atoms with E-state index in [-0.39, 0.29) is 17.3 Å². The molecule has 1 saturated heterocycles. The van der Waals surface area contributed by atoms with Crippen LogP contribution in [-0.2, 0) is 9.47 Å². The van der Waals surface area contributed by atoms with Gasteiger partial charge < -0.3 is 15.2 Å². The standard InChI is InChI=1S/C19H24F3NO3S/c1-10-11(2)18(27-4)26-16(14(23)12(3)19(20,21)22)15(10)25-17(24)13-8-6-5-7-9-13/h5-11,14-16,18H,3,23H2,1-2,4H3/t10-,11+,14+,15?,16+,18?/m0/s1. The third-order valence-electron chi connectivity index (χ3n) is 5.00. The minimum absolute atomic E-state index is 0.0452. The predicted molar refractivity (Wildman–Crippen MR) is 99.3 cm³/mol. The molecule has 0 bridgehead atoms. The molecule has 1 heterocycles. The number of thioether (sulfide) groups is 1. The molecular weight excluding hydrogens is 379 g/mol. The van der Waals surface area contributed by atoms with Crippen molar-refractivity contribution in [1.82, 2.24) is 0 Å². The molecule has 1 aromatic rings. The summed E-state index contributed by atoms with van der Waals surface area (Å²) in [7, 11) is 0. The number of nitrogens with two attached hydrogens (primary N) is 1. The second-order valence-electron chi connectivity index (χ2n) is 6.71. The summed E-state index contributed by atoms with van der Waals surface area (Å²) in [5, 5.41) is 0. The highest BCUT2D eigenvalue weighted by Gasteiger charge is 2.49. The van der Waals surface area contributed by atoms with Crippen molar-refractivity contribution in [1.29, 1.82) is 0 Å². The number of esters is 1. The lowest BCUT2D eigenvalue weighted by Crippen LogP contribution is -2.58. The molecule has 0 saturated carbocycles. The maximum atomic E-state index is 13.1. The molecule has 0 aromatic heterocycles. The van der Waals surface area contributed by atoms with Crippen LogP contribution in [0.5, 0.6) is 0 Å². The summed E-state index contributed by atoms with van der Waals surface area (Å²) >= 11 is 1.39. The predicted octanol–water partition coefficient (Wildman–Crippen LogP) is 4.02. The van der Waals surface area contributed by atoms with Crippen molar-refractivity contribution in [2.75, 3.05) is 6.26 Å². The van der Waals surface area contributed by atoms with E-state index >= 15 is 0 Å².